The highest BCUT2D eigenvalue weighted by Gasteiger charge is 2.28. The molecule has 3 rings (SSSR count). The van der Waals surface area contributed by atoms with Crippen molar-refractivity contribution in [2.24, 2.45) is 0 Å². The fraction of sp³-hybridized carbons (Fsp3) is 0.182. The zero-order valence-corrected chi connectivity index (χ0v) is 15.8. The highest BCUT2D eigenvalue weighted by molar-refractivity contribution is 6.14. The Hall–Kier alpha value is -3.58. The van der Waals surface area contributed by atoms with E-state index in [0.29, 0.717) is 42.9 Å². The zero-order chi connectivity index (χ0) is 20.6. The fourth-order valence-electron chi connectivity index (χ4n) is 3.08. The maximum absolute atomic E-state index is 12.4. The molecule has 0 atom stereocenters. The summed E-state index contributed by atoms with van der Waals surface area (Å²) in [6, 6.07) is 14.3. The quantitative estimate of drug-likeness (QED) is 0.342. The zero-order valence-electron chi connectivity index (χ0n) is 15.8. The van der Waals surface area contributed by atoms with Gasteiger partial charge in [0.2, 0.25) is 12.1 Å². The largest absolute Gasteiger partial charge is 0.413 e. The van der Waals surface area contributed by atoms with Crippen LogP contribution in [0.1, 0.15) is 27.9 Å². The average Bonchev–Trinajstić information content (AvgIpc) is 3.09. The van der Waals surface area contributed by atoms with E-state index in [1.165, 1.54) is 6.08 Å². The first-order valence-corrected chi connectivity index (χ1v) is 9.27. The van der Waals surface area contributed by atoms with E-state index in [0.717, 1.165) is 11.1 Å². The number of benzene rings is 2. The molecule has 148 valence electrons. The van der Waals surface area contributed by atoms with E-state index in [1.807, 2.05) is 24.3 Å². The third kappa shape index (κ3) is 5.03. The number of aliphatic hydroxyl groups excluding tert-OH is 1. The Morgan fingerprint density at radius 3 is 2.72 bits per heavy atom. The van der Waals surface area contributed by atoms with Crippen LogP contribution in [0.15, 0.2) is 60.7 Å². The minimum Gasteiger partial charge on any atom is -0.396 e. The summed E-state index contributed by atoms with van der Waals surface area (Å²) in [6.07, 6.45) is 4.33. The average molecular weight is 392 g/mol. The van der Waals surface area contributed by atoms with Crippen molar-refractivity contribution in [2.45, 2.75) is 13.0 Å². The normalized spacial score (nSPS) is 12.9. The molecular formula is C22H22N3O4+. The summed E-state index contributed by atoms with van der Waals surface area (Å²) in [4.78, 5) is 35.4. The van der Waals surface area contributed by atoms with Gasteiger partial charge in [0.1, 0.15) is 0 Å². The summed E-state index contributed by atoms with van der Waals surface area (Å²) in [7, 11) is 0. The molecule has 0 fully saturated rings. The highest BCUT2D eigenvalue weighted by atomic mass is 16.3. The first-order valence-electron chi connectivity index (χ1n) is 9.27. The van der Waals surface area contributed by atoms with Gasteiger partial charge in [0.25, 0.3) is 5.91 Å². The summed E-state index contributed by atoms with van der Waals surface area (Å²) < 4.78 is 1.63. The van der Waals surface area contributed by atoms with E-state index in [9.17, 15) is 14.4 Å². The van der Waals surface area contributed by atoms with Gasteiger partial charge in [0.15, 0.2) is 6.54 Å². The molecule has 7 nitrogen and oxygen atoms in total. The van der Waals surface area contributed by atoms with Crippen molar-refractivity contribution in [3.8, 4) is 0 Å². The third-order valence-corrected chi connectivity index (χ3v) is 4.47. The number of nitrogens with zero attached hydrogens (tertiary/aromatic N) is 1. The monoisotopic (exact) mass is 392 g/mol. The van der Waals surface area contributed by atoms with Crippen LogP contribution in [-0.4, -0.2) is 46.8 Å². The topological polar surface area (TPSA) is 98.5 Å². The van der Waals surface area contributed by atoms with Crippen LogP contribution in [0.25, 0.3) is 0 Å². The summed E-state index contributed by atoms with van der Waals surface area (Å²) in [5.41, 5.74) is 3.46. The van der Waals surface area contributed by atoms with Gasteiger partial charge in [0.05, 0.1) is 6.08 Å². The minimum atomic E-state index is -0.228. The maximum atomic E-state index is 12.4. The molecule has 3 amide bonds. The lowest BCUT2D eigenvalue weighted by atomic mass is 10.1. The second kappa shape index (κ2) is 9.57. The molecule has 2 aromatic rings. The summed E-state index contributed by atoms with van der Waals surface area (Å²) in [6.45, 7) is 0.748. The van der Waals surface area contributed by atoms with Gasteiger partial charge in [-0.25, -0.2) is 4.79 Å². The predicted octanol–water partition coefficient (Wildman–Crippen LogP) is 1.47. The molecule has 2 aromatic carbocycles. The van der Waals surface area contributed by atoms with Crippen LogP contribution in [0.5, 0.6) is 0 Å². The van der Waals surface area contributed by atoms with Crippen molar-refractivity contribution in [3.63, 3.8) is 0 Å². The number of amides is 3. The van der Waals surface area contributed by atoms with Gasteiger partial charge in [-0.2, -0.15) is 4.58 Å². The molecule has 1 aliphatic heterocycles. The van der Waals surface area contributed by atoms with E-state index in [2.05, 4.69) is 10.6 Å². The number of anilines is 1. The Bertz CT molecular complexity index is 995. The molecule has 0 aromatic heterocycles. The van der Waals surface area contributed by atoms with Gasteiger partial charge >= 0.3 is 5.91 Å². The Kier molecular flexibility index (Phi) is 6.65. The van der Waals surface area contributed by atoms with Crippen molar-refractivity contribution in [1.82, 2.24) is 5.32 Å². The molecule has 7 heteroatoms. The van der Waals surface area contributed by atoms with Crippen molar-refractivity contribution in [2.75, 3.05) is 18.5 Å². The van der Waals surface area contributed by atoms with Gasteiger partial charge in [-0.1, -0.05) is 18.2 Å². The molecule has 29 heavy (non-hydrogen) atoms. The predicted molar refractivity (Wildman–Crippen MR) is 109 cm³/mol. The SMILES string of the molecule is O=CNc1cccc(C[N+]2=C(c3cccc(C(=O)NCCCO)c3)C=CC2=O)c1. The number of hydrogen-bond donors (Lipinski definition) is 3. The number of hydrogen-bond acceptors (Lipinski definition) is 4. The number of carbonyl (C=O) groups is 3. The van der Waals surface area contributed by atoms with Crippen LogP contribution in [0.2, 0.25) is 0 Å². The molecule has 0 saturated carbocycles. The lowest BCUT2D eigenvalue weighted by molar-refractivity contribution is -0.456. The maximum Gasteiger partial charge on any atom is 0.413 e. The number of rotatable bonds is 9. The lowest BCUT2D eigenvalue weighted by Crippen LogP contribution is -2.25. The Labute approximate surface area is 168 Å². The smallest absolute Gasteiger partial charge is 0.396 e. The number of nitrogens with one attached hydrogen (secondary N) is 2. The number of aliphatic hydroxyl groups is 1. The first-order chi connectivity index (χ1) is 14.1. The second-order valence-corrected chi connectivity index (χ2v) is 6.52. The molecule has 1 aliphatic rings. The molecule has 0 aliphatic carbocycles. The molecule has 0 saturated heterocycles. The van der Waals surface area contributed by atoms with Crippen molar-refractivity contribution in [1.29, 1.82) is 0 Å². The van der Waals surface area contributed by atoms with Gasteiger partial charge in [-0.05, 0) is 36.8 Å². The van der Waals surface area contributed by atoms with E-state index >= 15 is 0 Å². The minimum absolute atomic E-state index is 0.0175. The fourth-order valence-corrected chi connectivity index (χ4v) is 3.08. The first kappa shape index (κ1) is 20.2. The van der Waals surface area contributed by atoms with E-state index in [1.54, 1.807) is 34.9 Å². The molecule has 0 unspecified atom stereocenters. The molecule has 1 heterocycles. The van der Waals surface area contributed by atoms with Gasteiger partial charge in [-0.3, -0.25) is 9.59 Å². The van der Waals surface area contributed by atoms with Gasteiger partial charge in [-0.15, -0.1) is 0 Å². The van der Waals surface area contributed by atoms with Crippen LogP contribution < -0.4 is 10.6 Å². The standard InChI is InChI=1S/C22H21N3O4/c26-11-3-10-23-22(29)18-6-2-5-17(13-18)20-8-9-21(28)25(20)14-16-4-1-7-19(12-16)24-15-27/h1-2,4-9,12-13,15,26H,3,10-11,14H2,(H-,23,24,27,29)/p+1. The van der Waals surface area contributed by atoms with Gasteiger partial charge < -0.3 is 15.7 Å². The Morgan fingerprint density at radius 2 is 1.93 bits per heavy atom. The molecule has 3 N–H and O–H groups in total. The van der Waals surface area contributed by atoms with Crippen molar-refractivity contribution in [3.05, 3.63) is 77.4 Å². The number of carbonyl (C=O) groups excluding carboxylic acids is 3. The summed E-state index contributed by atoms with van der Waals surface area (Å²) >= 11 is 0. The molecule has 0 spiro atoms. The Balaban J connectivity index is 1.86. The van der Waals surface area contributed by atoms with Crippen LogP contribution >= 0.6 is 0 Å². The van der Waals surface area contributed by atoms with Crippen molar-refractivity contribution < 1.29 is 24.1 Å². The highest BCUT2D eigenvalue weighted by Crippen LogP contribution is 2.16. The second-order valence-electron chi connectivity index (χ2n) is 6.52. The van der Waals surface area contributed by atoms with E-state index < -0.39 is 0 Å². The third-order valence-electron chi connectivity index (χ3n) is 4.47. The Morgan fingerprint density at radius 1 is 1.10 bits per heavy atom. The van der Waals surface area contributed by atoms with Gasteiger partial charge in [0, 0.05) is 41.6 Å². The van der Waals surface area contributed by atoms with Crippen LogP contribution in [-0.2, 0) is 16.1 Å². The number of allylic oxidation sites excluding steroid dienone is 1. The van der Waals surface area contributed by atoms with Crippen molar-refractivity contribution >= 4 is 29.6 Å². The lowest BCUT2D eigenvalue weighted by Gasteiger charge is -2.07. The molecular weight excluding hydrogens is 370 g/mol. The van der Waals surface area contributed by atoms with E-state index in [-0.39, 0.29) is 18.4 Å². The summed E-state index contributed by atoms with van der Waals surface area (Å²) in [5, 5.41) is 14.2. The van der Waals surface area contributed by atoms with Crippen LogP contribution in [0.3, 0.4) is 0 Å². The molecule has 0 radical (unpaired) electrons. The summed E-state index contributed by atoms with van der Waals surface area (Å²) in [5.74, 6) is -0.375. The van der Waals surface area contributed by atoms with E-state index in [4.69, 9.17) is 5.11 Å². The molecule has 0 bridgehead atoms. The van der Waals surface area contributed by atoms with Crippen LogP contribution in [0.4, 0.5) is 5.69 Å². The van der Waals surface area contributed by atoms with Crippen LogP contribution in [0, 0.1) is 0 Å².